The SMILES string of the molecule is COc1ccc(C(=O)Oc2ccc(Br)cc2/C=N\NC(=O)C(=O)Nc2ccc(C)cc2)cc1. The van der Waals surface area contributed by atoms with E-state index in [1.165, 1.54) is 13.3 Å². The molecule has 168 valence electrons. The van der Waals surface area contributed by atoms with Gasteiger partial charge in [0.25, 0.3) is 0 Å². The number of carbonyl (C=O) groups is 3. The lowest BCUT2D eigenvalue weighted by molar-refractivity contribution is -0.136. The first-order chi connectivity index (χ1) is 15.9. The molecule has 0 spiro atoms. The van der Waals surface area contributed by atoms with Gasteiger partial charge in [-0.3, -0.25) is 9.59 Å². The van der Waals surface area contributed by atoms with Crippen molar-refractivity contribution in [1.82, 2.24) is 5.43 Å². The van der Waals surface area contributed by atoms with Crippen molar-refractivity contribution in [3.8, 4) is 11.5 Å². The number of methoxy groups -OCH3 is 1. The van der Waals surface area contributed by atoms with E-state index in [0.717, 1.165) is 5.56 Å². The lowest BCUT2D eigenvalue weighted by atomic mass is 10.2. The lowest BCUT2D eigenvalue weighted by Gasteiger charge is -2.08. The first-order valence-corrected chi connectivity index (χ1v) is 10.5. The number of halogens is 1. The number of benzene rings is 3. The van der Waals surface area contributed by atoms with Gasteiger partial charge in [0.2, 0.25) is 0 Å². The molecule has 3 rings (SSSR count). The molecule has 0 saturated carbocycles. The average Bonchev–Trinajstić information content (AvgIpc) is 2.82. The van der Waals surface area contributed by atoms with Crippen molar-refractivity contribution in [2.75, 3.05) is 12.4 Å². The second kappa shape index (κ2) is 11.1. The van der Waals surface area contributed by atoms with Crippen LogP contribution in [-0.2, 0) is 9.59 Å². The highest BCUT2D eigenvalue weighted by Gasteiger charge is 2.14. The average molecular weight is 510 g/mol. The highest BCUT2D eigenvalue weighted by atomic mass is 79.9. The number of hydrogen-bond donors (Lipinski definition) is 2. The molecule has 33 heavy (non-hydrogen) atoms. The lowest BCUT2D eigenvalue weighted by Crippen LogP contribution is -2.32. The van der Waals surface area contributed by atoms with Crippen LogP contribution < -0.4 is 20.2 Å². The van der Waals surface area contributed by atoms with Gasteiger partial charge < -0.3 is 14.8 Å². The molecule has 0 unspecified atom stereocenters. The number of hydrogen-bond acceptors (Lipinski definition) is 6. The Morgan fingerprint density at radius 2 is 1.64 bits per heavy atom. The van der Waals surface area contributed by atoms with Crippen LogP contribution >= 0.6 is 15.9 Å². The largest absolute Gasteiger partial charge is 0.497 e. The van der Waals surface area contributed by atoms with Crippen LogP contribution in [0.5, 0.6) is 11.5 Å². The summed E-state index contributed by atoms with van der Waals surface area (Å²) in [4.78, 5) is 36.5. The molecule has 2 amide bonds. The number of nitrogens with zero attached hydrogens (tertiary/aromatic N) is 1. The Morgan fingerprint density at radius 3 is 2.30 bits per heavy atom. The molecule has 0 saturated heterocycles. The van der Waals surface area contributed by atoms with Gasteiger partial charge in [0.05, 0.1) is 18.9 Å². The van der Waals surface area contributed by atoms with E-state index < -0.39 is 17.8 Å². The summed E-state index contributed by atoms with van der Waals surface area (Å²) < 4.78 is 11.3. The van der Waals surface area contributed by atoms with Gasteiger partial charge in [-0.25, -0.2) is 10.2 Å². The molecule has 8 nitrogen and oxygen atoms in total. The van der Waals surface area contributed by atoms with Gasteiger partial charge in [-0.15, -0.1) is 0 Å². The summed E-state index contributed by atoms with van der Waals surface area (Å²) in [6.45, 7) is 1.91. The first-order valence-electron chi connectivity index (χ1n) is 9.72. The van der Waals surface area contributed by atoms with Crippen molar-refractivity contribution < 1.29 is 23.9 Å². The van der Waals surface area contributed by atoms with Crippen molar-refractivity contribution >= 4 is 45.6 Å². The topological polar surface area (TPSA) is 106 Å². The summed E-state index contributed by atoms with van der Waals surface area (Å²) in [5.74, 6) is -1.54. The summed E-state index contributed by atoms with van der Waals surface area (Å²) in [5.41, 5.74) is 4.42. The maximum Gasteiger partial charge on any atom is 0.343 e. The third kappa shape index (κ3) is 6.75. The number of anilines is 1. The molecule has 3 aromatic carbocycles. The molecular formula is C24H20BrN3O5. The molecule has 3 aromatic rings. The van der Waals surface area contributed by atoms with E-state index in [-0.39, 0.29) is 5.75 Å². The van der Waals surface area contributed by atoms with Crippen LogP contribution in [0.2, 0.25) is 0 Å². The van der Waals surface area contributed by atoms with Crippen molar-refractivity contribution in [2.24, 2.45) is 5.10 Å². The van der Waals surface area contributed by atoms with Gasteiger partial charge in [0.1, 0.15) is 11.5 Å². The van der Waals surface area contributed by atoms with Crippen molar-refractivity contribution in [2.45, 2.75) is 6.92 Å². The molecule has 0 aliphatic carbocycles. The van der Waals surface area contributed by atoms with Crippen LogP contribution in [-0.4, -0.2) is 31.1 Å². The van der Waals surface area contributed by atoms with Gasteiger partial charge >= 0.3 is 17.8 Å². The molecule has 0 aromatic heterocycles. The number of esters is 1. The van der Waals surface area contributed by atoms with Gasteiger partial charge in [-0.2, -0.15) is 5.10 Å². The molecule has 0 atom stereocenters. The fourth-order valence-electron chi connectivity index (χ4n) is 2.64. The number of nitrogens with one attached hydrogen (secondary N) is 2. The third-order valence-corrected chi connectivity index (χ3v) is 4.88. The first kappa shape index (κ1) is 23.7. The standard InChI is InChI=1S/C24H20BrN3O5/c1-15-3-8-19(9-4-15)27-22(29)23(30)28-26-14-17-13-18(25)7-12-21(17)33-24(31)16-5-10-20(32-2)11-6-16/h3-14H,1-2H3,(H,27,29)(H,28,30)/b26-14-. The quantitative estimate of drug-likeness (QED) is 0.171. The number of amides is 2. The van der Waals surface area contributed by atoms with Crippen LogP contribution in [0.15, 0.2) is 76.3 Å². The van der Waals surface area contributed by atoms with E-state index in [4.69, 9.17) is 9.47 Å². The van der Waals surface area contributed by atoms with Gasteiger partial charge in [-0.05, 0) is 61.5 Å². The van der Waals surface area contributed by atoms with E-state index in [0.29, 0.717) is 27.0 Å². The minimum absolute atomic E-state index is 0.223. The molecule has 0 radical (unpaired) electrons. The van der Waals surface area contributed by atoms with E-state index in [2.05, 4.69) is 31.8 Å². The molecule has 0 aliphatic rings. The van der Waals surface area contributed by atoms with Gasteiger partial charge in [0.15, 0.2) is 0 Å². The summed E-state index contributed by atoms with van der Waals surface area (Å²) in [6.07, 6.45) is 1.28. The predicted octanol–water partition coefficient (Wildman–Crippen LogP) is 4.07. The van der Waals surface area contributed by atoms with Crippen LogP contribution in [0.1, 0.15) is 21.5 Å². The monoisotopic (exact) mass is 509 g/mol. The van der Waals surface area contributed by atoms with Crippen LogP contribution in [0.25, 0.3) is 0 Å². The molecule has 0 bridgehead atoms. The summed E-state index contributed by atoms with van der Waals surface area (Å²) in [7, 11) is 1.53. The summed E-state index contributed by atoms with van der Waals surface area (Å²) in [5, 5.41) is 6.29. The Balaban J connectivity index is 1.65. The van der Waals surface area contributed by atoms with Gasteiger partial charge in [0, 0.05) is 15.7 Å². The molecule has 9 heteroatoms. The van der Waals surface area contributed by atoms with E-state index >= 15 is 0 Å². The van der Waals surface area contributed by atoms with E-state index in [9.17, 15) is 14.4 Å². The molecule has 0 fully saturated rings. The highest BCUT2D eigenvalue weighted by Crippen LogP contribution is 2.23. The maximum atomic E-state index is 12.5. The normalized spacial score (nSPS) is 10.5. The van der Waals surface area contributed by atoms with Crippen molar-refractivity contribution in [1.29, 1.82) is 0 Å². The summed E-state index contributed by atoms with van der Waals surface area (Å²) in [6, 6.07) is 18.4. The summed E-state index contributed by atoms with van der Waals surface area (Å²) >= 11 is 3.34. The minimum Gasteiger partial charge on any atom is -0.497 e. The zero-order chi connectivity index (χ0) is 23.8. The fraction of sp³-hybridized carbons (Fsp3) is 0.0833. The number of hydrazone groups is 1. The van der Waals surface area contributed by atoms with Crippen LogP contribution in [0.3, 0.4) is 0 Å². The minimum atomic E-state index is -0.946. The number of ether oxygens (including phenoxy) is 2. The van der Waals surface area contributed by atoms with Crippen LogP contribution in [0.4, 0.5) is 5.69 Å². The highest BCUT2D eigenvalue weighted by molar-refractivity contribution is 9.10. The second-order valence-electron chi connectivity index (χ2n) is 6.82. The van der Waals surface area contributed by atoms with Crippen molar-refractivity contribution in [3.63, 3.8) is 0 Å². The maximum absolute atomic E-state index is 12.5. The van der Waals surface area contributed by atoms with Crippen LogP contribution in [0, 0.1) is 6.92 Å². The Kier molecular flexibility index (Phi) is 7.93. The number of carbonyl (C=O) groups excluding carboxylic acids is 3. The van der Waals surface area contributed by atoms with E-state index in [1.54, 1.807) is 54.6 Å². The Hall–Kier alpha value is -3.98. The Bertz CT molecular complexity index is 1190. The number of aryl methyl sites for hydroxylation is 1. The predicted molar refractivity (Wildman–Crippen MR) is 128 cm³/mol. The molecular weight excluding hydrogens is 490 g/mol. The smallest absolute Gasteiger partial charge is 0.343 e. The third-order valence-electron chi connectivity index (χ3n) is 4.39. The second-order valence-corrected chi connectivity index (χ2v) is 7.74. The fourth-order valence-corrected chi connectivity index (χ4v) is 3.01. The Morgan fingerprint density at radius 1 is 0.939 bits per heavy atom. The van der Waals surface area contributed by atoms with Crippen molar-refractivity contribution in [3.05, 3.63) is 87.9 Å². The zero-order valence-electron chi connectivity index (χ0n) is 17.8. The molecule has 2 N–H and O–H groups in total. The molecule has 0 aliphatic heterocycles. The zero-order valence-corrected chi connectivity index (χ0v) is 19.4. The van der Waals surface area contributed by atoms with E-state index in [1.807, 2.05) is 19.1 Å². The number of rotatable bonds is 6. The van der Waals surface area contributed by atoms with Gasteiger partial charge in [-0.1, -0.05) is 33.6 Å². The Labute approximate surface area is 198 Å². The molecule has 0 heterocycles.